The van der Waals surface area contributed by atoms with Crippen LogP contribution in [0.2, 0.25) is 0 Å². The maximum absolute atomic E-state index is 11.2. The molecule has 0 fully saturated rings. The van der Waals surface area contributed by atoms with Crippen LogP contribution in [0.15, 0.2) is 24.3 Å². The first-order chi connectivity index (χ1) is 7.99. The van der Waals surface area contributed by atoms with Crippen molar-refractivity contribution >= 4 is 5.97 Å². The second kappa shape index (κ2) is 5.32. The van der Waals surface area contributed by atoms with Crippen molar-refractivity contribution in [2.75, 3.05) is 13.7 Å². The Bertz CT molecular complexity index is 448. The maximum Gasteiger partial charge on any atom is 0.341 e. The summed E-state index contributed by atoms with van der Waals surface area (Å²) in [5, 5.41) is 18.4. The number of hydrogen-bond donors (Lipinski definition) is 1. The van der Waals surface area contributed by atoms with Gasteiger partial charge in [0.15, 0.2) is 5.60 Å². The van der Waals surface area contributed by atoms with E-state index in [1.165, 1.54) is 20.1 Å². The molecule has 0 aliphatic carbocycles. The van der Waals surface area contributed by atoms with Crippen molar-refractivity contribution in [2.45, 2.75) is 12.5 Å². The molecule has 5 nitrogen and oxygen atoms in total. The van der Waals surface area contributed by atoms with Gasteiger partial charge in [0.1, 0.15) is 12.4 Å². The van der Waals surface area contributed by atoms with Crippen molar-refractivity contribution in [3.05, 3.63) is 29.8 Å². The van der Waals surface area contributed by atoms with Gasteiger partial charge in [-0.15, -0.1) is 0 Å². The van der Waals surface area contributed by atoms with Crippen LogP contribution in [-0.2, 0) is 9.53 Å². The lowest BCUT2D eigenvalue weighted by Crippen LogP contribution is -2.42. The molecule has 0 aliphatic rings. The summed E-state index contributed by atoms with van der Waals surface area (Å²) in [4.78, 5) is 11.2. The molecule has 1 N–H and O–H groups in total. The first kappa shape index (κ1) is 13.0. The Morgan fingerprint density at radius 1 is 1.59 bits per heavy atom. The summed E-state index contributed by atoms with van der Waals surface area (Å²) in [7, 11) is 1.19. The third kappa shape index (κ3) is 3.47. The zero-order chi connectivity index (χ0) is 12.9. The van der Waals surface area contributed by atoms with E-state index in [0.29, 0.717) is 11.3 Å². The number of nitriles is 1. The summed E-state index contributed by atoms with van der Waals surface area (Å²) < 4.78 is 9.66. The molecule has 0 bridgehead atoms. The standard InChI is InChI=1S/C12H13NO4/c1-12(15,11(14)16-2)8-17-10-5-3-4-9(6-10)7-13/h3-6,15H,8H2,1-2H3. The van der Waals surface area contributed by atoms with Gasteiger partial charge in [-0.25, -0.2) is 4.79 Å². The van der Waals surface area contributed by atoms with E-state index in [1.54, 1.807) is 18.2 Å². The molecule has 1 atom stereocenters. The van der Waals surface area contributed by atoms with Gasteiger partial charge in [0, 0.05) is 0 Å². The highest BCUT2D eigenvalue weighted by Crippen LogP contribution is 2.15. The highest BCUT2D eigenvalue weighted by Gasteiger charge is 2.32. The average molecular weight is 235 g/mol. The van der Waals surface area contributed by atoms with E-state index in [1.807, 2.05) is 6.07 Å². The number of methoxy groups -OCH3 is 1. The molecule has 5 heteroatoms. The molecule has 17 heavy (non-hydrogen) atoms. The molecule has 1 aromatic rings. The lowest BCUT2D eigenvalue weighted by atomic mass is 10.1. The SMILES string of the molecule is COC(=O)C(C)(O)COc1cccc(C#N)c1. The van der Waals surface area contributed by atoms with Gasteiger partial charge in [-0.3, -0.25) is 0 Å². The van der Waals surface area contributed by atoms with Gasteiger partial charge in [-0.1, -0.05) is 6.07 Å². The van der Waals surface area contributed by atoms with E-state index in [9.17, 15) is 9.90 Å². The third-order valence-corrected chi connectivity index (χ3v) is 2.11. The minimum absolute atomic E-state index is 0.242. The molecular formula is C12H13NO4. The summed E-state index contributed by atoms with van der Waals surface area (Å²) in [6, 6.07) is 8.40. The number of carbonyl (C=O) groups excluding carboxylic acids is 1. The van der Waals surface area contributed by atoms with Crippen molar-refractivity contribution in [3.63, 3.8) is 0 Å². The van der Waals surface area contributed by atoms with Crippen LogP contribution < -0.4 is 4.74 Å². The fraction of sp³-hybridized carbons (Fsp3) is 0.333. The lowest BCUT2D eigenvalue weighted by molar-refractivity contribution is -0.163. The summed E-state index contributed by atoms with van der Waals surface area (Å²) >= 11 is 0. The molecule has 1 unspecified atom stereocenters. The average Bonchev–Trinajstić information content (AvgIpc) is 2.35. The van der Waals surface area contributed by atoms with Crippen LogP contribution in [-0.4, -0.2) is 30.4 Å². The number of hydrogen-bond acceptors (Lipinski definition) is 5. The molecule has 1 rings (SSSR count). The molecule has 0 aromatic heterocycles. The topological polar surface area (TPSA) is 79.6 Å². The highest BCUT2D eigenvalue weighted by atomic mass is 16.6. The normalized spacial score (nSPS) is 13.3. The minimum atomic E-state index is -1.71. The highest BCUT2D eigenvalue weighted by molar-refractivity contribution is 5.78. The number of benzene rings is 1. The van der Waals surface area contributed by atoms with Gasteiger partial charge < -0.3 is 14.6 Å². The predicted molar refractivity (Wildman–Crippen MR) is 59.3 cm³/mol. The Hall–Kier alpha value is -2.06. The van der Waals surface area contributed by atoms with Crippen LogP contribution in [0.1, 0.15) is 12.5 Å². The Kier molecular flexibility index (Phi) is 4.07. The molecule has 0 saturated heterocycles. The molecule has 0 aliphatic heterocycles. The van der Waals surface area contributed by atoms with Crippen LogP contribution in [0.3, 0.4) is 0 Å². The van der Waals surface area contributed by atoms with Gasteiger partial charge in [-0.05, 0) is 25.1 Å². The molecule has 0 saturated carbocycles. The van der Waals surface area contributed by atoms with E-state index in [4.69, 9.17) is 10.00 Å². The zero-order valence-corrected chi connectivity index (χ0v) is 9.64. The van der Waals surface area contributed by atoms with Crippen molar-refractivity contribution in [2.24, 2.45) is 0 Å². The largest absolute Gasteiger partial charge is 0.490 e. The Labute approximate surface area is 99.2 Å². The van der Waals surface area contributed by atoms with E-state index >= 15 is 0 Å². The fourth-order valence-electron chi connectivity index (χ4n) is 1.16. The van der Waals surface area contributed by atoms with Crippen molar-refractivity contribution in [3.8, 4) is 11.8 Å². The van der Waals surface area contributed by atoms with Crippen LogP contribution in [0.25, 0.3) is 0 Å². The van der Waals surface area contributed by atoms with E-state index in [0.717, 1.165) is 0 Å². The molecular weight excluding hydrogens is 222 g/mol. The molecule has 90 valence electrons. The number of rotatable bonds is 4. The quantitative estimate of drug-likeness (QED) is 0.783. The van der Waals surface area contributed by atoms with Crippen molar-refractivity contribution < 1.29 is 19.4 Å². The smallest absolute Gasteiger partial charge is 0.341 e. The Balaban J connectivity index is 2.67. The predicted octanol–water partition coefficient (Wildman–Crippen LogP) is 0.861. The number of ether oxygens (including phenoxy) is 2. The minimum Gasteiger partial charge on any atom is -0.490 e. The monoisotopic (exact) mass is 235 g/mol. The van der Waals surface area contributed by atoms with Gasteiger partial charge in [0.05, 0.1) is 18.7 Å². The van der Waals surface area contributed by atoms with Crippen LogP contribution in [0, 0.1) is 11.3 Å². The first-order valence-electron chi connectivity index (χ1n) is 4.93. The first-order valence-corrected chi connectivity index (χ1v) is 4.93. The van der Waals surface area contributed by atoms with Crippen molar-refractivity contribution in [1.29, 1.82) is 5.26 Å². The number of nitrogens with zero attached hydrogens (tertiary/aromatic N) is 1. The van der Waals surface area contributed by atoms with Gasteiger partial charge in [-0.2, -0.15) is 5.26 Å². The van der Waals surface area contributed by atoms with Crippen LogP contribution in [0.5, 0.6) is 5.75 Å². The van der Waals surface area contributed by atoms with Gasteiger partial charge >= 0.3 is 5.97 Å². The van der Waals surface area contributed by atoms with Gasteiger partial charge in [0.2, 0.25) is 0 Å². The van der Waals surface area contributed by atoms with E-state index < -0.39 is 11.6 Å². The van der Waals surface area contributed by atoms with Crippen LogP contribution >= 0.6 is 0 Å². The lowest BCUT2D eigenvalue weighted by Gasteiger charge is -2.20. The second-order valence-corrected chi connectivity index (χ2v) is 3.69. The Morgan fingerprint density at radius 3 is 2.88 bits per heavy atom. The summed E-state index contributed by atoms with van der Waals surface area (Å²) in [5.41, 5.74) is -1.27. The second-order valence-electron chi connectivity index (χ2n) is 3.69. The van der Waals surface area contributed by atoms with E-state index in [-0.39, 0.29) is 6.61 Å². The summed E-state index contributed by atoms with van der Waals surface area (Å²) in [6.45, 7) is 1.06. The molecule has 0 radical (unpaired) electrons. The Morgan fingerprint density at radius 2 is 2.29 bits per heavy atom. The molecule has 0 amide bonds. The number of carbonyl (C=O) groups is 1. The number of esters is 1. The van der Waals surface area contributed by atoms with Crippen molar-refractivity contribution in [1.82, 2.24) is 0 Å². The maximum atomic E-state index is 11.2. The number of aliphatic hydroxyl groups is 1. The molecule has 0 heterocycles. The summed E-state index contributed by atoms with van der Waals surface area (Å²) in [5.74, 6) is -0.359. The zero-order valence-electron chi connectivity index (χ0n) is 9.64. The summed E-state index contributed by atoms with van der Waals surface area (Å²) in [6.07, 6.45) is 0. The fourth-order valence-corrected chi connectivity index (χ4v) is 1.16. The molecule has 1 aromatic carbocycles. The van der Waals surface area contributed by atoms with Gasteiger partial charge in [0.25, 0.3) is 0 Å². The molecule has 0 spiro atoms. The van der Waals surface area contributed by atoms with E-state index in [2.05, 4.69) is 4.74 Å². The van der Waals surface area contributed by atoms with Crippen LogP contribution in [0.4, 0.5) is 0 Å². The third-order valence-electron chi connectivity index (χ3n) is 2.11.